The van der Waals surface area contributed by atoms with Gasteiger partial charge in [-0.1, -0.05) is 6.07 Å². The van der Waals surface area contributed by atoms with E-state index in [2.05, 4.69) is 50.4 Å². The Kier molecular flexibility index (Phi) is 5.88. The average Bonchev–Trinajstić information content (AvgIpc) is 2.94. The van der Waals surface area contributed by atoms with E-state index in [9.17, 15) is 0 Å². The van der Waals surface area contributed by atoms with Gasteiger partial charge in [-0.3, -0.25) is 4.99 Å². The van der Waals surface area contributed by atoms with E-state index in [0.717, 1.165) is 32.8 Å². The zero-order chi connectivity index (χ0) is 16.8. The second kappa shape index (κ2) is 8.31. The smallest absolute Gasteiger partial charge is 0.0507 e. The summed E-state index contributed by atoms with van der Waals surface area (Å²) in [6.07, 6.45) is 5.06. The molecule has 1 aliphatic rings. The first kappa shape index (κ1) is 17.0. The number of hydrogen-bond donors (Lipinski definition) is 3. The van der Waals surface area contributed by atoms with Gasteiger partial charge in [-0.2, -0.15) is 0 Å². The van der Waals surface area contributed by atoms with Gasteiger partial charge in [-0.15, -0.1) is 0 Å². The molecule has 0 spiro atoms. The number of nitrogens with zero attached hydrogens (tertiary/aromatic N) is 2. The average molecular weight is 327 g/mol. The molecule has 1 heterocycles. The van der Waals surface area contributed by atoms with E-state index >= 15 is 0 Å². The summed E-state index contributed by atoms with van der Waals surface area (Å²) in [5, 5.41) is 11.5. The minimum absolute atomic E-state index is 0.768. The molecule has 0 amide bonds. The lowest BCUT2D eigenvalue weighted by Gasteiger charge is -2.16. The van der Waals surface area contributed by atoms with Crippen LogP contribution in [-0.4, -0.2) is 44.6 Å². The molecule has 0 aliphatic heterocycles. The van der Waals surface area contributed by atoms with Crippen molar-refractivity contribution in [1.82, 2.24) is 15.2 Å². The first-order valence-electron chi connectivity index (χ1n) is 9.01. The van der Waals surface area contributed by atoms with Crippen molar-refractivity contribution in [3.63, 3.8) is 0 Å². The van der Waals surface area contributed by atoms with Crippen LogP contribution in [-0.2, 0) is 19.4 Å². The molecule has 0 saturated carbocycles. The lowest BCUT2D eigenvalue weighted by Crippen LogP contribution is -2.32. The number of benzene rings is 1. The summed E-state index contributed by atoms with van der Waals surface area (Å²) in [6, 6.07) is 6.78. The van der Waals surface area contributed by atoms with E-state index in [0.29, 0.717) is 0 Å². The molecular weight excluding hydrogens is 298 g/mol. The molecular formula is C19H29N5. The standard InChI is InChI=1S/C19H29N5/c1-20-9-10-22-14-23-11-12-24-18-6-4-3-5-16(18)17-8-7-15(21-2)13-19(17)24/h7-8,13,21-23H,1,3-6,9-12,14H2,2H3. The molecule has 24 heavy (non-hydrogen) atoms. The van der Waals surface area contributed by atoms with Crippen molar-refractivity contribution in [3.05, 3.63) is 29.5 Å². The van der Waals surface area contributed by atoms with Crippen LogP contribution >= 0.6 is 0 Å². The first-order valence-corrected chi connectivity index (χ1v) is 9.01. The number of hydrogen-bond acceptors (Lipinski definition) is 4. The van der Waals surface area contributed by atoms with E-state index in [1.807, 2.05) is 7.05 Å². The molecule has 5 heteroatoms. The van der Waals surface area contributed by atoms with Crippen LogP contribution in [0.25, 0.3) is 10.9 Å². The highest BCUT2D eigenvalue weighted by molar-refractivity contribution is 5.88. The highest BCUT2D eigenvalue weighted by atomic mass is 15.1. The van der Waals surface area contributed by atoms with Gasteiger partial charge in [0.1, 0.15) is 0 Å². The summed E-state index contributed by atoms with van der Waals surface area (Å²) in [6.45, 7) is 7.94. The molecule has 3 N–H and O–H groups in total. The Morgan fingerprint density at radius 1 is 1.17 bits per heavy atom. The molecule has 1 aromatic heterocycles. The molecule has 3 rings (SSSR count). The van der Waals surface area contributed by atoms with Crippen LogP contribution < -0.4 is 16.0 Å². The number of aromatic nitrogens is 1. The Hall–Kier alpha value is -1.85. The maximum atomic E-state index is 3.84. The summed E-state index contributed by atoms with van der Waals surface area (Å²) >= 11 is 0. The number of rotatable bonds is 9. The van der Waals surface area contributed by atoms with E-state index in [1.54, 1.807) is 11.3 Å². The third-order valence-electron chi connectivity index (χ3n) is 4.88. The van der Waals surface area contributed by atoms with Crippen molar-refractivity contribution in [3.8, 4) is 0 Å². The molecule has 0 unspecified atom stereocenters. The topological polar surface area (TPSA) is 53.4 Å². The van der Waals surface area contributed by atoms with Gasteiger partial charge in [-0.05, 0) is 50.1 Å². The van der Waals surface area contributed by atoms with Gasteiger partial charge in [0.2, 0.25) is 0 Å². The maximum absolute atomic E-state index is 3.84. The van der Waals surface area contributed by atoms with Crippen molar-refractivity contribution in [2.24, 2.45) is 4.99 Å². The third-order valence-corrected chi connectivity index (χ3v) is 4.88. The highest BCUT2D eigenvalue weighted by Gasteiger charge is 2.19. The van der Waals surface area contributed by atoms with E-state index in [-0.39, 0.29) is 0 Å². The highest BCUT2D eigenvalue weighted by Crippen LogP contribution is 2.33. The Morgan fingerprint density at radius 2 is 2.00 bits per heavy atom. The molecule has 130 valence electrons. The lowest BCUT2D eigenvalue weighted by atomic mass is 9.95. The Bertz CT molecular complexity index is 689. The summed E-state index contributed by atoms with van der Waals surface area (Å²) in [7, 11) is 1.99. The molecule has 0 fully saturated rings. The van der Waals surface area contributed by atoms with Gasteiger partial charge in [0.25, 0.3) is 0 Å². The van der Waals surface area contributed by atoms with E-state index in [1.165, 1.54) is 42.3 Å². The number of aliphatic imine (C=N–C) groups is 1. The Labute approximate surface area is 144 Å². The van der Waals surface area contributed by atoms with Crippen molar-refractivity contribution >= 4 is 23.3 Å². The molecule has 0 saturated heterocycles. The van der Waals surface area contributed by atoms with Gasteiger partial charge >= 0.3 is 0 Å². The Morgan fingerprint density at radius 3 is 2.83 bits per heavy atom. The maximum Gasteiger partial charge on any atom is 0.0507 e. The fourth-order valence-corrected chi connectivity index (χ4v) is 3.66. The van der Waals surface area contributed by atoms with Gasteiger partial charge in [0.05, 0.1) is 12.1 Å². The molecule has 1 aliphatic carbocycles. The fourth-order valence-electron chi connectivity index (χ4n) is 3.66. The lowest BCUT2D eigenvalue weighted by molar-refractivity contribution is 0.539. The van der Waals surface area contributed by atoms with Crippen LogP contribution in [0.3, 0.4) is 0 Å². The normalized spacial score (nSPS) is 13.9. The van der Waals surface area contributed by atoms with Crippen LogP contribution in [0.4, 0.5) is 5.69 Å². The number of nitrogens with one attached hydrogen (secondary N) is 3. The van der Waals surface area contributed by atoms with Crippen LogP contribution in [0.2, 0.25) is 0 Å². The largest absolute Gasteiger partial charge is 0.388 e. The van der Waals surface area contributed by atoms with Crippen molar-refractivity contribution in [1.29, 1.82) is 0 Å². The third kappa shape index (κ3) is 3.62. The van der Waals surface area contributed by atoms with E-state index < -0.39 is 0 Å². The number of anilines is 1. The van der Waals surface area contributed by atoms with Crippen LogP contribution in [0.5, 0.6) is 0 Å². The van der Waals surface area contributed by atoms with Gasteiger partial charge in [0, 0.05) is 50.1 Å². The summed E-state index contributed by atoms with van der Waals surface area (Å²) in [5.74, 6) is 0. The second-order valence-electron chi connectivity index (χ2n) is 6.39. The summed E-state index contributed by atoms with van der Waals surface area (Å²) in [5.41, 5.74) is 5.69. The molecule has 1 aromatic carbocycles. The predicted octanol–water partition coefficient (Wildman–Crippen LogP) is 2.40. The first-order chi connectivity index (χ1) is 11.8. The minimum atomic E-state index is 0.768. The molecule has 0 bridgehead atoms. The fraction of sp³-hybridized carbons (Fsp3) is 0.526. The molecule has 0 atom stereocenters. The van der Waals surface area contributed by atoms with Crippen molar-refractivity contribution in [2.75, 3.05) is 38.7 Å². The number of fused-ring (bicyclic) bond motifs is 3. The van der Waals surface area contributed by atoms with Gasteiger partial charge in [-0.25, -0.2) is 0 Å². The van der Waals surface area contributed by atoms with Crippen molar-refractivity contribution < 1.29 is 0 Å². The minimum Gasteiger partial charge on any atom is -0.388 e. The SMILES string of the molecule is C=NCCNCNCCn1c2c(c3ccc(NC)cc31)CCCC2. The number of aryl methyl sites for hydroxylation is 1. The Balaban J connectivity index is 1.72. The van der Waals surface area contributed by atoms with Gasteiger partial charge < -0.3 is 20.5 Å². The van der Waals surface area contributed by atoms with Gasteiger partial charge in [0.15, 0.2) is 0 Å². The van der Waals surface area contributed by atoms with Crippen LogP contribution in [0, 0.1) is 0 Å². The van der Waals surface area contributed by atoms with Crippen LogP contribution in [0.15, 0.2) is 23.2 Å². The zero-order valence-electron chi connectivity index (χ0n) is 14.7. The predicted molar refractivity (Wildman–Crippen MR) is 103 cm³/mol. The quantitative estimate of drug-likeness (QED) is 0.377. The summed E-state index contributed by atoms with van der Waals surface area (Å²) < 4.78 is 2.53. The zero-order valence-corrected chi connectivity index (χ0v) is 14.7. The molecule has 2 aromatic rings. The van der Waals surface area contributed by atoms with Crippen LogP contribution in [0.1, 0.15) is 24.1 Å². The molecule has 5 nitrogen and oxygen atoms in total. The second-order valence-corrected chi connectivity index (χ2v) is 6.39. The van der Waals surface area contributed by atoms with Crippen molar-refractivity contribution in [2.45, 2.75) is 32.2 Å². The monoisotopic (exact) mass is 327 g/mol. The van der Waals surface area contributed by atoms with E-state index in [4.69, 9.17) is 0 Å². The molecule has 0 radical (unpaired) electrons. The summed E-state index contributed by atoms with van der Waals surface area (Å²) in [4.78, 5) is 3.84.